The van der Waals surface area contributed by atoms with Crippen molar-refractivity contribution < 1.29 is 9.59 Å². The molecule has 2 aromatic rings. The molecule has 0 aliphatic carbocycles. The van der Waals surface area contributed by atoms with Crippen LogP contribution in [0.1, 0.15) is 21.5 Å². The van der Waals surface area contributed by atoms with Crippen LogP contribution in [0.2, 0.25) is 0 Å². The van der Waals surface area contributed by atoms with Gasteiger partial charge in [-0.15, -0.1) is 0 Å². The summed E-state index contributed by atoms with van der Waals surface area (Å²) in [6, 6.07) is 10.8. The number of pyridine rings is 1. The highest BCUT2D eigenvalue weighted by Gasteiger charge is 2.26. The minimum atomic E-state index is -0.0714. The van der Waals surface area contributed by atoms with Crippen molar-refractivity contribution in [3.63, 3.8) is 0 Å². The Morgan fingerprint density at radius 2 is 1.95 bits per heavy atom. The number of aromatic nitrogens is 1. The molecule has 0 atom stereocenters. The summed E-state index contributed by atoms with van der Waals surface area (Å²) in [4.78, 5) is 29.6. The number of anilines is 1. The van der Waals surface area contributed by atoms with Crippen LogP contribution in [-0.4, -0.2) is 23.7 Å². The largest absolute Gasteiger partial charge is 0.299 e. The van der Waals surface area contributed by atoms with E-state index in [2.05, 4.69) is 4.98 Å². The highest BCUT2D eigenvalue weighted by molar-refractivity contribution is 6.09. The van der Waals surface area contributed by atoms with Gasteiger partial charge in [0.1, 0.15) is 5.82 Å². The van der Waals surface area contributed by atoms with Gasteiger partial charge in [-0.2, -0.15) is 0 Å². The van der Waals surface area contributed by atoms with Crippen LogP contribution in [0.5, 0.6) is 0 Å². The van der Waals surface area contributed by atoms with Gasteiger partial charge in [0, 0.05) is 29.9 Å². The number of ketones is 1. The second kappa shape index (κ2) is 4.31. The summed E-state index contributed by atoms with van der Waals surface area (Å²) >= 11 is 0. The Kier molecular flexibility index (Phi) is 2.63. The Hall–Kier alpha value is -2.49. The Labute approximate surface area is 110 Å². The maximum Gasteiger partial charge on any atom is 0.232 e. The molecule has 2 heterocycles. The normalized spacial score (nSPS) is 13.5. The highest BCUT2D eigenvalue weighted by Crippen LogP contribution is 2.26. The van der Waals surface area contributed by atoms with Gasteiger partial charge in [0.15, 0.2) is 5.78 Å². The molecule has 3 rings (SSSR count). The zero-order valence-corrected chi connectivity index (χ0v) is 10.5. The molecule has 0 spiro atoms. The van der Waals surface area contributed by atoms with E-state index in [1.165, 1.54) is 11.1 Å². The fourth-order valence-electron chi connectivity index (χ4n) is 2.22. The van der Waals surface area contributed by atoms with Crippen LogP contribution in [0, 0.1) is 0 Å². The summed E-state index contributed by atoms with van der Waals surface area (Å²) in [5, 5.41) is 0. The number of nitrogens with zero attached hydrogens (tertiary/aromatic N) is 2. The molecule has 0 saturated carbocycles. The minimum Gasteiger partial charge on any atom is -0.299 e. The first kappa shape index (κ1) is 11.6. The maximum absolute atomic E-state index is 12.3. The van der Waals surface area contributed by atoms with E-state index in [4.69, 9.17) is 0 Å². The van der Waals surface area contributed by atoms with Gasteiger partial charge < -0.3 is 0 Å². The number of hydrogen-bond donors (Lipinski definition) is 0. The van der Waals surface area contributed by atoms with Crippen LogP contribution in [0.4, 0.5) is 5.82 Å². The van der Waals surface area contributed by atoms with Crippen LogP contribution in [0.3, 0.4) is 0 Å². The number of fused-ring (bicyclic) bond motifs is 1. The van der Waals surface area contributed by atoms with Crippen molar-refractivity contribution in [1.29, 1.82) is 0 Å². The first-order chi connectivity index (χ1) is 9.16. The molecule has 94 valence electrons. The van der Waals surface area contributed by atoms with Gasteiger partial charge in [-0.1, -0.05) is 30.3 Å². The van der Waals surface area contributed by atoms with Gasteiger partial charge in [-0.05, 0) is 6.07 Å². The number of likely N-dealkylation sites (N-methyl/N-ethyl adjacent to an activating group) is 1. The molecule has 19 heavy (non-hydrogen) atoms. The van der Waals surface area contributed by atoms with Crippen LogP contribution >= 0.6 is 0 Å². The topological polar surface area (TPSA) is 50.3 Å². The predicted octanol–water partition coefficient (Wildman–Crippen LogP) is 1.83. The zero-order valence-electron chi connectivity index (χ0n) is 10.5. The SMILES string of the molecule is CN1C(=O)Cc2cc(C(=O)c3ccccc3)cnc21. The first-order valence-electron chi connectivity index (χ1n) is 6.02. The molecular formula is C15H12N2O2. The molecule has 0 fully saturated rings. The summed E-state index contributed by atoms with van der Waals surface area (Å²) in [6.45, 7) is 0. The molecule has 1 aromatic heterocycles. The number of carbonyl (C=O) groups is 2. The molecule has 0 bridgehead atoms. The van der Waals surface area contributed by atoms with Crippen molar-refractivity contribution in [2.75, 3.05) is 11.9 Å². The molecular weight excluding hydrogens is 240 g/mol. The van der Waals surface area contributed by atoms with E-state index in [9.17, 15) is 9.59 Å². The third-order valence-corrected chi connectivity index (χ3v) is 3.27. The molecule has 1 aliphatic heterocycles. The van der Waals surface area contributed by atoms with E-state index >= 15 is 0 Å². The van der Waals surface area contributed by atoms with Gasteiger partial charge >= 0.3 is 0 Å². The summed E-state index contributed by atoms with van der Waals surface area (Å²) in [5.41, 5.74) is 1.96. The molecule has 1 amide bonds. The first-order valence-corrected chi connectivity index (χ1v) is 6.02. The van der Waals surface area contributed by atoms with Gasteiger partial charge in [-0.3, -0.25) is 14.5 Å². The van der Waals surface area contributed by atoms with E-state index in [-0.39, 0.29) is 11.7 Å². The fraction of sp³-hybridized carbons (Fsp3) is 0.133. The lowest BCUT2D eigenvalue weighted by atomic mass is 10.0. The number of amides is 1. The second-order valence-corrected chi connectivity index (χ2v) is 4.53. The van der Waals surface area contributed by atoms with Gasteiger partial charge in [0.05, 0.1) is 6.42 Å². The van der Waals surface area contributed by atoms with Crippen LogP contribution in [0.15, 0.2) is 42.6 Å². The average molecular weight is 252 g/mol. The molecule has 0 saturated heterocycles. The lowest BCUT2D eigenvalue weighted by molar-refractivity contribution is -0.117. The van der Waals surface area contributed by atoms with Crippen molar-refractivity contribution in [2.45, 2.75) is 6.42 Å². The highest BCUT2D eigenvalue weighted by atomic mass is 16.2. The number of hydrogen-bond acceptors (Lipinski definition) is 3. The summed E-state index contributed by atoms with van der Waals surface area (Å²) in [7, 11) is 1.69. The lowest BCUT2D eigenvalue weighted by Gasteiger charge is -2.08. The zero-order chi connectivity index (χ0) is 13.4. The Morgan fingerprint density at radius 3 is 2.68 bits per heavy atom. The third-order valence-electron chi connectivity index (χ3n) is 3.27. The average Bonchev–Trinajstić information content (AvgIpc) is 2.74. The summed E-state index contributed by atoms with van der Waals surface area (Å²) in [6.07, 6.45) is 1.85. The van der Waals surface area contributed by atoms with Crippen molar-refractivity contribution >= 4 is 17.5 Å². The molecule has 4 nitrogen and oxygen atoms in total. The number of carbonyl (C=O) groups excluding carboxylic acids is 2. The Morgan fingerprint density at radius 1 is 1.21 bits per heavy atom. The third kappa shape index (κ3) is 1.91. The molecule has 0 N–H and O–H groups in total. The molecule has 0 unspecified atom stereocenters. The second-order valence-electron chi connectivity index (χ2n) is 4.53. The Balaban J connectivity index is 1.99. The quantitative estimate of drug-likeness (QED) is 0.766. The van der Waals surface area contributed by atoms with Gasteiger partial charge in [-0.25, -0.2) is 4.98 Å². The Bertz CT molecular complexity index is 665. The number of rotatable bonds is 2. The molecule has 1 aromatic carbocycles. The predicted molar refractivity (Wildman–Crippen MR) is 71.2 cm³/mol. The van der Waals surface area contributed by atoms with Gasteiger partial charge in [0.2, 0.25) is 5.91 Å². The summed E-state index contributed by atoms with van der Waals surface area (Å²) in [5.74, 6) is 0.583. The molecule has 1 aliphatic rings. The lowest BCUT2D eigenvalue weighted by Crippen LogP contribution is -2.21. The maximum atomic E-state index is 12.3. The van der Waals surface area contributed by atoms with Gasteiger partial charge in [0.25, 0.3) is 0 Å². The van der Waals surface area contributed by atoms with E-state index in [1.54, 1.807) is 25.2 Å². The molecule has 4 heteroatoms. The van der Waals surface area contributed by atoms with Crippen molar-refractivity contribution in [1.82, 2.24) is 4.98 Å². The monoisotopic (exact) mass is 252 g/mol. The van der Waals surface area contributed by atoms with E-state index < -0.39 is 0 Å². The van der Waals surface area contributed by atoms with E-state index in [0.717, 1.165) is 5.56 Å². The molecule has 0 radical (unpaired) electrons. The fourth-order valence-corrected chi connectivity index (χ4v) is 2.22. The minimum absolute atomic E-state index is 0.00631. The number of benzene rings is 1. The van der Waals surface area contributed by atoms with Crippen LogP contribution in [0.25, 0.3) is 0 Å². The van der Waals surface area contributed by atoms with Crippen molar-refractivity contribution in [3.8, 4) is 0 Å². The van der Waals surface area contributed by atoms with Crippen LogP contribution in [-0.2, 0) is 11.2 Å². The summed E-state index contributed by atoms with van der Waals surface area (Å²) < 4.78 is 0. The van der Waals surface area contributed by atoms with Crippen LogP contribution < -0.4 is 4.90 Å². The van der Waals surface area contributed by atoms with Crippen molar-refractivity contribution in [2.24, 2.45) is 0 Å². The smallest absolute Gasteiger partial charge is 0.232 e. The van der Waals surface area contributed by atoms with E-state index in [1.807, 2.05) is 18.2 Å². The van der Waals surface area contributed by atoms with Crippen molar-refractivity contribution in [3.05, 3.63) is 59.3 Å². The van der Waals surface area contributed by atoms with E-state index in [0.29, 0.717) is 23.4 Å². The standard InChI is InChI=1S/C15H12N2O2/c1-17-13(18)8-11-7-12(9-16-15(11)17)14(19)10-5-3-2-4-6-10/h2-7,9H,8H2,1H3.